The third kappa shape index (κ3) is 12.0. The molecule has 0 heterocycles. The van der Waals surface area contributed by atoms with Gasteiger partial charge in [-0.3, -0.25) is 0 Å². The molecule has 0 aliphatic rings. The Balaban J connectivity index is 0.000000323. The van der Waals surface area contributed by atoms with Crippen molar-refractivity contribution in [1.82, 2.24) is 0 Å². The average molecular weight is 475 g/mol. The molecule has 0 bridgehead atoms. The lowest BCUT2D eigenvalue weighted by atomic mass is 9.99. The molecule has 0 fully saturated rings. The normalized spacial score (nSPS) is 9.28. The van der Waals surface area contributed by atoms with Crippen molar-refractivity contribution in [2.24, 2.45) is 0 Å². The van der Waals surface area contributed by atoms with E-state index in [1.807, 2.05) is 0 Å². The Hall–Kier alpha value is -3.90. The van der Waals surface area contributed by atoms with Gasteiger partial charge in [0, 0.05) is 0 Å². The largest absolute Gasteiger partial charge is 0.106 e. The van der Waals surface area contributed by atoms with Gasteiger partial charge in [-0.25, -0.2) is 0 Å². The smallest absolute Gasteiger partial charge is 0.00232 e. The molecule has 0 aliphatic carbocycles. The first-order chi connectivity index (χ1) is 17.6. The number of rotatable bonds is 7. The highest BCUT2D eigenvalue weighted by molar-refractivity contribution is 5.31. The molecule has 186 valence electrons. The number of hydrogen-bond acceptors (Lipinski definition) is 0. The molecule has 0 aromatic heterocycles. The van der Waals surface area contributed by atoms with E-state index < -0.39 is 0 Å². The van der Waals surface area contributed by atoms with Gasteiger partial charge in [-0.1, -0.05) is 127 Å². The van der Waals surface area contributed by atoms with Gasteiger partial charge in [-0.15, -0.1) is 26.3 Å². The lowest BCUT2D eigenvalue weighted by molar-refractivity contribution is 0.904. The lowest BCUT2D eigenvalue weighted by Crippen LogP contribution is -1.93. The zero-order chi connectivity index (χ0) is 26.6. The van der Waals surface area contributed by atoms with Gasteiger partial charge in [0.05, 0.1) is 0 Å². The van der Waals surface area contributed by atoms with Crippen LogP contribution in [0.1, 0.15) is 39.8 Å². The second-order valence-corrected chi connectivity index (χ2v) is 8.49. The van der Waals surface area contributed by atoms with Crippen LogP contribution in [0, 0.1) is 13.8 Å². The molecule has 0 amide bonds. The Bertz CT molecular complexity index is 1100. The van der Waals surface area contributed by atoms with E-state index in [2.05, 4.69) is 156 Å². The average Bonchev–Trinajstić information content (AvgIpc) is 2.94. The van der Waals surface area contributed by atoms with Gasteiger partial charge in [0.25, 0.3) is 0 Å². The molecule has 0 aliphatic heterocycles. The summed E-state index contributed by atoms with van der Waals surface area (Å²) in [5.74, 6) is 0. The van der Waals surface area contributed by atoms with Crippen LogP contribution in [0.2, 0.25) is 0 Å². The van der Waals surface area contributed by atoms with Crippen LogP contribution in [0.4, 0.5) is 0 Å². The summed E-state index contributed by atoms with van der Waals surface area (Å²) in [4.78, 5) is 0. The van der Waals surface area contributed by atoms with E-state index >= 15 is 0 Å². The van der Waals surface area contributed by atoms with E-state index in [1.54, 1.807) is 0 Å². The second-order valence-electron chi connectivity index (χ2n) is 8.49. The van der Waals surface area contributed by atoms with Gasteiger partial charge in [0.15, 0.2) is 0 Å². The molecular weight excluding hydrogens is 432 g/mol. The zero-order valence-electron chi connectivity index (χ0n) is 22.3. The Labute approximate surface area is 220 Å². The van der Waals surface area contributed by atoms with Crippen LogP contribution in [-0.2, 0) is 19.3 Å². The maximum atomic E-state index is 4.19. The van der Waals surface area contributed by atoms with Crippen LogP contribution in [0.25, 0.3) is 0 Å². The first kappa shape index (κ1) is 30.1. The standard InChI is InChI=1S/C18H20.C14H14.2C2H4/c1-15-8-12-18(13-9-15)14-16(2)10-11-17-6-4-3-5-7-17;1-12-7-5-6-10-14(12)11-13-8-3-2-4-9-13;2*1-2/h3-9,12-13H,2,10-11,14H2,1H3;2-10H,11H2,1H3;2*1-2H2. The highest BCUT2D eigenvalue weighted by Crippen LogP contribution is 2.14. The van der Waals surface area contributed by atoms with E-state index in [4.69, 9.17) is 0 Å². The monoisotopic (exact) mass is 474 g/mol. The molecule has 4 aromatic rings. The third-order valence-corrected chi connectivity index (χ3v) is 5.68. The van der Waals surface area contributed by atoms with E-state index in [0.29, 0.717) is 0 Å². The van der Waals surface area contributed by atoms with Crippen LogP contribution in [0.5, 0.6) is 0 Å². The van der Waals surface area contributed by atoms with E-state index in [1.165, 1.54) is 39.0 Å². The quantitative estimate of drug-likeness (QED) is 0.234. The van der Waals surface area contributed by atoms with Crippen molar-refractivity contribution in [2.45, 2.75) is 39.5 Å². The van der Waals surface area contributed by atoms with E-state index in [-0.39, 0.29) is 0 Å². The zero-order valence-corrected chi connectivity index (χ0v) is 22.3. The summed E-state index contributed by atoms with van der Waals surface area (Å²) in [6.45, 7) is 20.5. The minimum absolute atomic E-state index is 0.993. The van der Waals surface area contributed by atoms with Crippen LogP contribution in [-0.4, -0.2) is 0 Å². The van der Waals surface area contributed by atoms with Gasteiger partial charge in [-0.2, -0.15) is 0 Å². The molecule has 0 atom stereocenters. The Kier molecular flexibility index (Phi) is 15.4. The van der Waals surface area contributed by atoms with Gasteiger partial charge in [0.1, 0.15) is 0 Å². The number of aryl methyl sites for hydroxylation is 3. The van der Waals surface area contributed by atoms with Gasteiger partial charge >= 0.3 is 0 Å². The molecule has 0 spiro atoms. The van der Waals surface area contributed by atoms with Crippen LogP contribution in [0.15, 0.2) is 148 Å². The molecule has 4 aromatic carbocycles. The minimum atomic E-state index is 0.993. The first-order valence-corrected chi connectivity index (χ1v) is 12.4. The van der Waals surface area contributed by atoms with Gasteiger partial charge in [-0.05, 0) is 67.3 Å². The maximum absolute atomic E-state index is 4.19. The summed E-state index contributed by atoms with van der Waals surface area (Å²) in [5, 5.41) is 0. The number of benzene rings is 4. The Morgan fingerprint density at radius 3 is 1.61 bits per heavy atom. The first-order valence-electron chi connectivity index (χ1n) is 12.4. The van der Waals surface area contributed by atoms with E-state index in [0.717, 1.165) is 25.7 Å². The fraction of sp³-hybridized carbons (Fsp3) is 0.167. The Morgan fingerprint density at radius 1 is 0.556 bits per heavy atom. The molecule has 0 N–H and O–H groups in total. The van der Waals surface area contributed by atoms with Crippen LogP contribution >= 0.6 is 0 Å². The summed E-state index contributed by atoms with van der Waals surface area (Å²) in [6, 6.07) is 38.5. The molecule has 36 heavy (non-hydrogen) atoms. The number of hydrogen-bond donors (Lipinski definition) is 0. The molecule has 0 heteroatoms. The molecule has 0 unspecified atom stereocenters. The minimum Gasteiger partial charge on any atom is -0.106 e. The summed E-state index contributed by atoms with van der Waals surface area (Å²) < 4.78 is 0. The fourth-order valence-electron chi connectivity index (χ4n) is 3.67. The van der Waals surface area contributed by atoms with Crippen molar-refractivity contribution >= 4 is 0 Å². The highest BCUT2D eigenvalue weighted by Gasteiger charge is 1.99. The third-order valence-electron chi connectivity index (χ3n) is 5.68. The summed E-state index contributed by atoms with van der Waals surface area (Å²) in [5.41, 5.74) is 9.54. The van der Waals surface area contributed by atoms with Crippen LogP contribution in [0.3, 0.4) is 0 Å². The van der Waals surface area contributed by atoms with Crippen molar-refractivity contribution in [3.63, 3.8) is 0 Å². The second kappa shape index (κ2) is 18.4. The SMILES string of the molecule is C=C.C=C.C=C(CCc1ccccc1)Cc1ccc(C)cc1.Cc1ccccc1Cc1ccccc1. The lowest BCUT2D eigenvalue weighted by Gasteiger charge is -2.06. The van der Waals surface area contributed by atoms with Crippen molar-refractivity contribution in [1.29, 1.82) is 0 Å². The van der Waals surface area contributed by atoms with Crippen molar-refractivity contribution < 1.29 is 0 Å². The van der Waals surface area contributed by atoms with Crippen molar-refractivity contribution in [3.05, 3.63) is 181 Å². The molecule has 0 saturated carbocycles. The fourth-order valence-corrected chi connectivity index (χ4v) is 3.67. The molecular formula is C36H42. The predicted molar refractivity (Wildman–Crippen MR) is 162 cm³/mol. The summed E-state index contributed by atoms with van der Waals surface area (Å²) in [7, 11) is 0. The summed E-state index contributed by atoms with van der Waals surface area (Å²) >= 11 is 0. The highest BCUT2D eigenvalue weighted by atomic mass is 14.0. The van der Waals surface area contributed by atoms with Crippen molar-refractivity contribution in [2.75, 3.05) is 0 Å². The molecule has 0 saturated heterocycles. The molecule has 0 radical (unpaired) electrons. The maximum Gasteiger partial charge on any atom is -0.00232 e. The van der Waals surface area contributed by atoms with Crippen LogP contribution < -0.4 is 0 Å². The topological polar surface area (TPSA) is 0 Å². The molecule has 4 rings (SSSR count). The van der Waals surface area contributed by atoms with Crippen molar-refractivity contribution in [3.8, 4) is 0 Å². The van der Waals surface area contributed by atoms with Gasteiger partial charge in [0.2, 0.25) is 0 Å². The molecule has 0 nitrogen and oxygen atoms in total. The number of allylic oxidation sites excluding steroid dienone is 1. The predicted octanol–water partition coefficient (Wildman–Crippen LogP) is 9.92. The Morgan fingerprint density at radius 2 is 1.06 bits per heavy atom. The van der Waals surface area contributed by atoms with E-state index in [9.17, 15) is 0 Å². The summed E-state index contributed by atoms with van der Waals surface area (Å²) in [6.07, 6.45) is 4.18. The van der Waals surface area contributed by atoms with Gasteiger partial charge < -0.3 is 0 Å².